The van der Waals surface area contributed by atoms with E-state index in [-0.39, 0.29) is 36.3 Å². The highest BCUT2D eigenvalue weighted by Crippen LogP contribution is 2.19. The monoisotopic (exact) mass is 502 g/mol. The Kier molecular flexibility index (Phi) is 11.4. The van der Waals surface area contributed by atoms with Gasteiger partial charge in [-0.15, -0.1) is 24.0 Å². The summed E-state index contributed by atoms with van der Waals surface area (Å²) in [7, 11) is -1.13. The lowest BCUT2D eigenvalue weighted by molar-refractivity contribution is 0.153. The van der Waals surface area contributed by atoms with Crippen LogP contribution in [0.1, 0.15) is 25.7 Å². The lowest BCUT2D eigenvalue weighted by Gasteiger charge is -2.29. The van der Waals surface area contributed by atoms with Crippen LogP contribution in [0.2, 0.25) is 0 Å². The van der Waals surface area contributed by atoms with Crippen LogP contribution >= 0.6 is 24.0 Å². The smallest absolute Gasteiger partial charge is 0.193 e. The van der Waals surface area contributed by atoms with Crippen molar-refractivity contribution in [2.75, 3.05) is 71.5 Å². The number of likely N-dealkylation sites (tertiary alicyclic amines) is 2. The van der Waals surface area contributed by atoms with Gasteiger partial charge < -0.3 is 19.9 Å². The molecule has 2 rings (SSSR count). The van der Waals surface area contributed by atoms with E-state index < -0.39 is 9.84 Å². The molecule has 0 spiro atoms. The van der Waals surface area contributed by atoms with E-state index in [0.29, 0.717) is 13.2 Å². The molecule has 154 valence electrons. The largest absolute Gasteiger partial charge is 0.379 e. The van der Waals surface area contributed by atoms with E-state index in [0.717, 1.165) is 25.0 Å². The van der Waals surface area contributed by atoms with E-state index in [9.17, 15) is 8.42 Å². The Bertz CT molecular complexity index is 524. The van der Waals surface area contributed by atoms with E-state index >= 15 is 0 Å². The summed E-state index contributed by atoms with van der Waals surface area (Å²) in [5, 5.41) is 3.32. The topological polar surface area (TPSA) is 74.2 Å². The number of guanidine groups is 1. The van der Waals surface area contributed by atoms with Crippen molar-refractivity contribution in [3.63, 3.8) is 0 Å². The number of sulfone groups is 1. The van der Waals surface area contributed by atoms with Gasteiger partial charge in [0, 0.05) is 39.5 Å². The summed E-state index contributed by atoms with van der Waals surface area (Å²) >= 11 is 0. The van der Waals surface area contributed by atoms with E-state index in [4.69, 9.17) is 4.74 Å². The van der Waals surface area contributed by atoms with Crippen molar-refractivity contribution in [1.29, 1.82) is 0 Å². The summed E-state index contributed by atoms with van der Waals surface area (Å²) < 4.78 is 27.4. The number of rotatable bonds is 8. The van der Waals surface area contributed by atoms with Crippen LogP contribution in [0.5, 0.6) is 0 Å². The molecule has 0 radical (unpaired) electrons. The van der Waals surface area contributed by atoms with E-state index in [2.05, 4.69) is 20.1 Å². The van der Waals surface area contributed by atoms with Gasteiger partial charge in [-0.05, 0) is 38.3 Å². The third kappa shape index (κ3) is 9.18. The van der Waals surface area contributed by atoms with Gasteiger partial charge in [-0.3, -0.25) is 4.99 Å². The molecule has 2 heterocycles. The lowest BCUT2D eigenvalue weighted by Crippen LogP contribution is -2.42. The van der Waals surface area contributed by atoms with Crippen LogP contribution in [0.25, 0.3) is 0 Å². The van der Waals surface area contributed by atoms with Gasteiger partial charge in [0.1, 0.15) is 9.84 Å². The first-order chi connectivity index (χ1) is 12.0. The molecule has 2 aliphatic heterocycles. The number of nitrogens with zero attached hydrogens (tertiary/aromatic N) is 3. The van der Waals surface area contributed by atoms with Crippen LogP contribution in [0.3, 0.4) is 0 Å². The fraction of sp³-hybridized carbons (Fsp3) is 0.941. The molecule has 2 saturated heterocycles. The fourth-order valence-electron chi connectivity index (χ4n) is 3.56. The second-order valence-corrected chi connectivity index (χ2v) is 9.44. The van der Waals surface area contributed by atoms with Gasteiger partial charge in [0.25, 0.3) is 0 Å². The first kappa shape index (κ1) is 23.9. The Hall–Kier alpha value is -0.130. The number of ether oxygens (including phenoxy) is 1. The Balaban J connectivity index is 0.00000338. The van der Waals surface area contributed by atoms with Gasteiger partial charge in [0.2, 0.25) is 0 Å². The van der Waals surface area contributed by atoms with Crippen LogP contribution in [0.15, 0.2) is 4.99 Å². The van der Waals surface area contributed by atoms with E-state index in [1.165, 1.54) is 51.6 Å². The quantitative estimate of drug-likeness (QED) is 0.232. The molecule has 7 nitrogen and oxygen atoms in total. The maximum Gasteiger partial charge on any atom is 0.193 e. The van der Waals surface area contributed by atoms with Crippen LogP contribution in [-0.2, 0) is 14.6 Å². The number of aliphatic imine (C=N–C) groups is 1. The second kappa shape index (κ2) is 12.4. The third-order valence-corrected chi connectivity index (χ3v) is 5.80. The highest BCUT2D eigenvalue weighted by molar-refractivity contribution is 14.0. The maximum atomic E-state index is 11.0. The van der Waals surface area contributed by atoms with Gasteiger partial charge in [0.15, 0.2) is 5.96 Å². The molecule has 0 bridgehead atoms. The third-order valence-electron chi connectivity index (χ3n) is 4.89. The summed E-state index contributed by atoms with van der Waals surface area (Å²) in [6, 6.07) is 0. The van der Waals surface area contributed by atoms with Gasteiger partial charge in [-0.25, -0.2) is 8.42 Å². The predicted octanol–water partition coefficient (Wildman–Crippen LogP) is 1.05. The first-order valence-corrected chi connectivity index (χ1v) is 11.5. The molecule has 0 saturated carbocycles. The summed E-state index contributed by atoms with van der Waals surface area (Å²) in [4.78, 5) is 9.31. The molecule has 2 fully saturated rings. The molecule has 0 aromatic heterocycles. The van der Waals surface area contributed by atoms with E-state index in [1.54, 1.807) is 0 Å². The van der Waals surface area contributed by atoms with Crippen molar-refractivity contribution in [2.24, 2.45) is 10.9 Å². The normalized spacial score (nSPS) is 22.3. The molecule has 2 aliphatic rings. The van der Waals surface area contributed by atoms with Crippen molar-refractivity contribution >= 4 is 39.8 Å². The summed E-state index contributed by atoms with van der Waals surface area (Å²) in [5.41, 5.74) is 0. The molecule has 0 aromatic carbocycles. The molecule has 0 aliphatic carbocycles. The van der Waals surface area contributed by atoms with Gasteiger partial charge in [-0.2, -0.15) is 0 Å². The average Bonchev–Trinajstić information content (AvgIpc) is 3.02. The lowest BCUT2D eigenvalue weighted by atomic mass is 10.1. The predicted molar refractivity (Wildman–Crippen MR) is 117 cm³/mol. The Morgan fingerprint density at radius 2 is 1.92 bits per heavy atom. The standard InChI is InChI=1S/C17H34N4O3S.HI/c1-18-17(19-7-11-24-12-13-25(2,22)23)21-10-6-16(15-21)14-20-8-4-3-5-9-20;/h16H,3-15H2,1-2H3,(H,18,19);1H. The number of hydrogen-bond acceptors (Lipinski definition) is 5. The molecule has 0 amide bonds. The summed E-state index contributed by atoms with van der Waals surface area (Å²) in [5.74, 6) is 1.72. The van der Waals surface area contributed by atoms with Crippen molar-refractivity contribution in [3.8, 4) is 0 Å². The zero-order chi connectivity index (χ0) is 18.1. The van der Waals surface area contributed by atoms with Crippen LogP contribution in [0, 0.1) is 5.92 Å². The summed E-state index contributed by atoms with van der Waals surface area (Å²) in [6.07, 6.45) is 6.53. The molecular weight excluding hydrogens is 467 g/mol. The van der Waals surface area contributed by atoms with Crippen LogP contribution < -0.4 is 5.32 Å². The van der Waals surface area contributed by atoms with Gasteiger partial charge >= 0.3 is 0 Å². The molecule has 0 aromatic rings. The van der Waals surface area contributed by atoms with Gasteiger partial charge in [0.05, 0.1) is 19.0 Å². The van der Waals surface area contributed by atoms with Crippen molar-refractivity contribution in [3.05, 3.63) is 0 Å². The molecular formula is C17H35IN4O3S. The molecule has 9 heteroatoms. The molecule has 1 atom stereocenters. The Morgan fingerprint density at radius 3 is 2.58 bits per heavy atom. The first-order valence-electron chi connectivity index (χ1n) is 9.41. The van der Waals surface area contributed by atoms with Crippen molar-refractivity contribution < 1.29 is 13.2 Å². The van der Waals surface area contributed by atoms with Crippen molar-refractivity contribution in [2.45, 2.75) is 25.7 Å². The zero-order valence-electron chi connectivity index (χ0n) is 16.2. The average molecular weight is 502 g/mol. The second-order valence-electron chi connectivity index (χ2n) is 7.18. The number of halogens is 1. The SMILES string of the molecule is CN=C(NCCOCCS(C)(=O)=O)N1CCC(CN2CCCCC2)C1.I. The Morgan fingerprint density at radius 1 is 1.19 bits per heavy atom. The Labute approximate surface area is 175 Å². The minimum Gasteiger partial charge on any atom is -0.379 e. The molecule has 1 unspecified atom stereocenters. The minimum absolute atomic E-state index is 0. The molecule has 26 heavy (non-hydrogen) atoms. The van der Waals surface area contributed by atoms with Crippen LogP contribution in [-0.4, -0.2) is 95.7 Å². The molecule has 1 N–H and O–H groups in total. The number of hydrogen-bond donors (Lipinski definition) is 1. The van der Waals surface area contributed by atoms with E-state index in [1.807, 2.05) is 7.05 Å². The van der Waals surface area contributed by atoms with Crippen LogP contribution in [0.4, 0.5) is 0 Å². The zero-order valence-corrected chi connectivity index (χ0v) is 19.3. The fourth-order valence-corrected chi connectivity index (χ4v) is 3.98. The minimum atomic E-state index is -2.95. The van der Waals surface area contributed by atoms with Gasteiger partial charge in [-0.1, -0.05) is 6.42 Å². The van der Waals surface area contributed by atoms with Crippen molar-refractivity contribution in [1.82, 2.24) is 15.1 Å². The number of nitrogens with one attached hydrogen (secondary N) is 1. The maximum absolute atomic E-state index is 11.0. The number of piperidine rings is 1. The highest BCUT2D eigenvalue weighted by atomic mass is 127. The summed E-state index contributed by atoms with van der Waals surface area (Å²) in [6.45, 7) is 7.22. The highest BCUT2D eigenvalue weighted by Gasteiger charge is 2.26.